The highest BCUT2D eigenvalue weighted by atomic mass is 35.5. The van der Waals surface area contributed by atoms with E-state index < -0.39 is 0 Å². The van der Waals surface area contributed by atoms with Crippen molar-refractivity contribution in [3.05, 3.63) is 58.1 Å². The number of para-hydroxylation sites is 1. The Bertz CT molecular complexity index is 642. The Morgan fingerprint density at radius 3 is 2.90 bits per heavy atom. The maximum atomic E-state index is 6.41. The Morgan fingerprint density at radius 1 is 1.25 bits per heavy atom. The zero-order valence-electron chi connectivity index (χ0n) is 11.2. The van der Waals surface area contributed by atoms with Crippen LogP contribution in [0.15, 0.2) is 36.4 Å². The maximum absolute atomic E-state index is 6.41. The number of benzene rings is 2. The Hall–Kier alpha value is -1.71. The molecule has 1 unspecified atom stereocenters. The molecule has 0 bridgehead atoms. The summed E-state index contributed by atoms with van der Waals surface area (Å²) in [5.41, 5.74) is 9.52. The van der Waals surface area contributed by atoms with Crippen molar-refractivity contribution in [1.29, 1.82) is 0 Å². The first-order valence-electron chi connectivity index (χ1n) is 6.54. The van der Waals surface area contributed by atoms with Crippen LogP contribution in [0.5, 0.6) is 11.5 Å². The van der Waals surface area contributed by atoms with Gasteiger partial charge in [-0.2, -0.15) is 0 Å². The van der Waals surface area contributed by atoms with Crippen LogP contribution in [-0.4, -0.2) is 13.7 Å². The molecule has 1 aliphatic rings. The van der Waals surface area contributed by atoms with Gasteiger partial charge in [0.25, 0.3) is 0 Å². The van der Waals surface area contributed by atoms with Gasteiger partial charge in [-0.25, -0.2) is 0 Å². The second kappa shape index (κ2) is 5.35. The molecule has 0 amide bonds. The molecule has 1 atom stereocenters. The Morgan fingerprint density at radius 2 is 2.10 bits per heavy atom. The third-order valence-electron chi connectivity index (χ3n) is 3.61. The molecule has 1 heterocycles. The van der Waals surface area contributed by atoms with Crippen molar-refractivity contribution in [3.63, 3.8) is 0 Å². The molecule has 0 aromatic heterocycles. The number of halogens is 1. The predicted molar refractivity (Wildman–Crippen MR) is 79.7 cm³/mol. The molecule has 0 saturated heterocycles. The normalized spacial score (nSPS) is 14.6. The molecule has 2 aromatic carbocycles. The minimum Gasteiger partial charge on any atom is -0.496 e. The van der Waals surface area contributed by atoms with Gasteiger partial charge in [0.15, 0.2) is 0 Å². The topological polar surface area (TPSA) is 44.5 Å². The zero-order chi connectivity index (χ0) is 14.1. The Labute approximate surface area is 123 Å². The average Bonchev–Trinajstić information content (AvgIpc) is 2.94. The molecule has 2 aromatic rings. The number of fused-ring (bicyclic) bond motifs is 1. The summed E-state index contributed by atoms with van der Waals surface area (Å²) >= 11 is 5.99. The quantitative estimate of drug-likeness (QED) is 0.942. The summed E-state index contributed by atoms with van der Waals surface area (Å²) in [6.07, 6.45) is 0.938. The van der Waals surface area contributed by atoms with Crippen molar-refractivity contribution >= 4 is 11.6 Å². The molecule has 0 radical (unpaired) electrons. The molecule has 0 saturated carbocycles. The largest absolute Gasteiger partial charge is 0.496 e. The molecular formula is C16H16ClNO2. The number of methoxy groups -OCH3 is 1. The van der Waals surface area contributed by atoms with Gasteiger partial charge in [0, 0.05) is 22.6 Å². The lowest BCUT2D eigenvalue weighted by molar-refractivity contribution is 0.352. The number of rotatable bonds is 3. The van der Waals surface area contributed by atoms with Crippen LogP contribution in [0.3, 0.4) is 0 Å². The summed E-state index contributed by atoms with van der Waals surface area (Å²) in [6.45, 7) is 0.719. The fourth-order valence-corrected chi connectivity index (χ4v) is 2.76. The first-order chi connectivity index (χ1) is 9.70. The van der Waals surface area contributed by atoms with Crippen LogP contribution in [-0.2, 0) is 6.42 Å². The number of hydrogen-bond donors (Lipinski definition) is 1. The van der Waals surface area contributed by atoms with Gasteiger partial charge in [-0.05, 0) is 17.7 Å². The first-order valence-corrected chi connectivity index (χ1v) is 6.92. The summed E-state index contributed by atoms with van der Waals surface area (Å²) in [5, 5.41) is 0.632. The van der Waals surface area contributed by atoms with Gasteiger partial charge in [-0.15, -0.1) is 0 Å². The van der Waals surface area contributed by atoms with Gasteiger partial charge in [-0.1, -0.05) is 35.9 Å². The molecule has 3 nitrogen and oxygen atoms in total. The minimum atomic E-state index is -0.296. The van der Waals surface area contributed by atoms with E-state index in [2.05, 4.69) is 6.07 Å². The summed E-state index contributed by atoms with van der Waals surface area (Å²) < 4.78 is 11.1. The molecule has 3 rings (SSSR count). The van der Waals surface area contributed by atoms with Gasteiger partial charge >= 0.3 is 0 Å². The van der Waals surface area contributed by atoms with Crippen molar-refractivity contribution in [1.82, 2.24) is 0 Å². The standard InChI is InChI=1S/C16H16ClNO2/c1-19-14-9-11(17)5-6-12(14)15(18)13-4-2-3-10-7-8-20-16(10)13/h2-6,9,15H,7-8,18H2,1H3. The Balaban J connectivity index is 2.05. The SMILES string of the molecule is COc1cc(Cl)ccc1C(N)c1cccc2c1OCC2. The van der Waals surface area contributed by atoms with E-state index in [0.717, 1.165) is 29.9 Å². The molecule has 4 heteroatoms. The summed E-state index contributed by atoms with van der Waals surface area (Å²) in [6, 6.07) is 11.3. The van der Waals surface area contributed by atoms with Crippen LogP contribution in [0.25, 0.3) is 0 Å². The number of hydrogen-bond acceptors (Lipinski definition) is 3. The lowest BCUT2D eigenvalue weighted by Crippen LogP contribution is -2.14. The molecule has 0 aliphatic carbocycles. The zero-order valence-corrected chi connectivity index (χ0v) is 12.0. The van der Waals surface area contributed by atoms with Gasteiger partial charge in [-0.3, -0.25) is 0 Å². The third-order valence-corrected chi connectivity index (χ3v) is 3.85. The molecule has 104 valence electrons. The van der Waals surface area contributed by atoms with Gasteiger partial charge in [0.2, 0.25) is 0 Å². The number of ether oxygens (including phenoxy) is 2. The van der Waals surface area contributed by atoms with Crippen molar-refractivity contribution in [2.45, 2.75) is 12.5 Å². The van der Waals surface area contributed by atoms with E-state index in [1.54, 1.807) is 13.2 Å². The fourth-order valence-electron chi connectivity index (χ4n) is 2.59. The minimum absolute atomic E-state index is 0.296. The smallest absolute Gasteiger partial charge is 0.127 e. The van der Waals surface area contributed by atoms with E-state index >= 15 is 0 Å². The average molecular weight is 290 g/mol. The second-order valence-electron chi connectivity index (χ2n) is 4.80. The third kappa shape index (κ3) is 2.23. The van der Waals surface area contributed by atoms with Gasteiger partial charge in [0.1, 0.15) is 11.5 Å². The van der Waals surface area contributed by atoms with E-state index in [0.29, 0.717) is 10.8 Å². The van der Waals surface area contributed by atoms with Gasteiger partial charge < -0.3 is 15.2 Å². The van der Waals surface area contributed by atoms with E-state index in [9.17, 15) is 0 Å². The molecular weight excluding hydrogens is 274 g/mol. The van der Waals surface area contributed by atoms with Crippen LogP contribution in [0.1, 0.15) is 22.7 Å². The number of nitrogens with two attached hydrogens (primary N) is 1. The molecule has 0 fully saturated rings. The molecule has 20 heavy (non-hydrogen) atoms. The van der Waals surface area contributed by atoms with Crippen LogP contribution >= 0.6 is 11.6 Å². The fraction of sp³-hybridized carbons (Fsp3) is 0.250. The van der Waals surface area contributed by atoms with Crippen LogP contribution in [0.2, 0.25) is 5.02 Å². The predicted octanol–water partition coefficient (Wildman–Crippen LogP) is 3.33. The monoisotopic (exact) mass is 289 g/mol. The lowest BCUT2D eigenvalue weighted by Gasteiger charge is -2.18. The van der Waals surface area contributed by atoms with Crippen molar-refractivity contribution in [3.8, 4) is 11.5 Å². The summed E-state index contributed by atoms with van der Waals surface area (Å²) in [5.74, 6) is 1.61. The molecule has 1 aliphatic heterocycles. The van der Waals surface area contributed by atoms with Crippen molar-refractivity contribution in [2.24, 2.45) is 5.73 Å². The highest BCUT2D eigenvalue weighted by Crippen LogP contribution is 2.38. The van der Waals surface area contributed by atoms with Crippen LogP contribution < -0.4 is 15.2 Å². The summed E-state index contributed by atoms with van der Waals surface area (Å²) in [7, 11) is 1.62. The van der Waals surface area contributed by atoms with E-state index in [1.165, 1.54) is 5.56 Å². The Kier molecular flexibility index (Phi) is 3.55. The van der Waals surface area contributed by atoms with Crippen molar-refractivity contribution in [2.75, 3.05) is 13.7 Å². The highest BCUT2D eigenvalue weighted by Gasteiger charge is 2.22. The van der Waals surface area contributed by atoms with Crippen molar-refractivity contribution < 1.29 is 9.47 Å². The summed E-state index contributed by atoms with van der Waals surface area (Å²) in [4.78, 5) is 0. The lowest BCUT2D eigenvalue weighted by atomic mass is 9.96. The highest BCUT2D eigenvalue weighted by molar-refractivity contribution is 6.30. The molecule has 0 spiro atoms. The maximum Gasteiger partial charge on any atom is 0.127 e. The van der Waals surface area contributed by atoms with E-state index in [1.807, 2.05) is 24.3 Å². The molecule has 2 N–H and O–H groups in total. The van der Waals surface area contributed by atoms with Crippen LogP contribution in [0.4, 0.5) is 0 Å². The van der Waals surface area contributed by atoms with E-state index in [4.69, 9.17) is 26.8 Å². The first kappa shape index (κ1) is 13.3. The van der Waals surface area contributed by atoms with E-state index in [-0.39, 0.29) is 6.04 Å². The van der Waals surface area contributed by atoms with Crippen LogP contribution in [0, 0.1) is 0 Å². The van der Waals surface area contributed by atoms with Gasteiger partial charge in [0.05, 0.1) is 19.8 Å². The second-order valence-corrected chi connectivity index (χ2v) is 5.23.